The van der Waals surface area contributed by atoms with E-state index in [1.54, 1.807) is 0 Å². The fourth-order valence-electron chi connectivity index (χ4n) is 8.54. The number of carbonyl (C=O) groups excluding carboxylic acids is 3. The Labute approximate surface area is 387 Å². The lowest BCUT2D eigenvalue weighted by Crippen LogP contribution is -2.30. The largest absolute Gasteiger partial charge is 0.462 e. The van der Waals surface area contributed by atoms with E-state index in [4.69, 9.17) is 14.2 Å². The highest BCUT2D eigenvalue weighted by Gasteiger charge is 2.19. The standard InChI is InChI=1S/C56H108O6/c1-5-8-10-12-14-16-17-24-29-33-37-41-45-49-56(59)62-53(50-60-54(57)47-43-39-35-30-15-13-11-9-6-2)51-61-55(58)48-44-40-36-32-28-26-23-21-19-18-20-22-25-27-31-34-38-42-46-52(4)7-3/h52-53H,5-51H2,1-4H3/t52?,53-/m1/s1. The van der Waals surface area contributed by atoms with Crippen LogP contribution in [0.1, 0.15) is 317 Å². The molecule has 0 heterocycles. The number of esters is 3. The lowest BCUT2D eigenvalue weighted by Gasteiger charge is -2.18. The molecule has 0 aliphatic carbocycles. The van der Waals surface area contributed by atoms with Crippen LogP contribution in [0.3, 0.4) is 0 Å². The molecule has 1 unspecified atom stereocenters. The Morgan fingerprint density at radius 2 is 0.565 bits per heavy atom. The minimum atomic E-state index is -0.760. The van der Waals surface area contributed by atoms with Crippen LogP contribution in [-0.4, -0.2) is 37.2 Å². The van der Waals surface area contributed by atoms with Crippen molar-refractivity contribution in [1.82, 2.24) is 0 Å². The molecule has 0 amide bonds. The molecule has 0 aromatic heterocycles. The van der Waals surface area contributed by atoms with E-state index < -0.39 is 6.10 Å². The minimum Gasteiger partial charge on any atom is -0.462 e. The van der Waals surface area contributed by atoms with Crippen LogP contribution >= 0.6 is 0 Å². The van der Waals surface area contributed by atoms with Crippen molar-refractivity contribution in [3.8, 4) is 0 Å². The molecular weight excluding hydrogens is 769 g/mol. The monoisotopic (exact) mass is 877 g/mol. The first-order chi connectivity index (χ1) is 30.4. The lowest BCUT2D eigenvalue weighted by atomic mass is 9.99. The summed E-state index contributed by atoms with van der Waals surface area (Å²) >= 11 is 0. The Hall–Kier alpha value is -1.59. The molecule has 6 heteroatoms. The average molecular weight is 877 g/mol. The Kier molecular flexibility index (Phi) is 49.1. The van der Waals surface area contributed by atoms with E-state index in [-0.39, 0.29) is 31.1 Å². The number of rotatable bonds is 51. The van der Waals surface area contributed by atoms with E-state index in [1.807, 2.05) is 0 Å². The van der Waals surface area contributed by atoms with Crippen molar-refractivity contribution in [2.24, 2.45) is 5.92 Å². The van der Waals surface area contributed by atoms with E-state index in [0.29, 0.717) is 19.3 Å². The van der Waals surface area contributed by atoms with E-state index in [1.165, 1.54) is 212 Å². The molecule has 0 radical (unpaired) electrons. The highest BCUT2D eigenvalue weighted by molar-refractivity contribution is 5.71. The Bertz CT molecular complexity index is 935. The summed E-state index contributed by atoms with van der Waals surface area (Å²) in [4.78, 5) is 37.9. The predicted molar refractivity (Wildman–Crippen MR) is 266 cm³/mol. The molecular formula is C56H108O6. The third-order valence-corrected chi connectivity index (χ3v) is 13.2. The molecule has 0 aliphatic heterocycles. The highest BCUT2D eigenvalue weighted by Crippen LogP contribution is 2.18. The van der Waals surface area contributed by atoms with Gasteiger partial charge in [-0.1, -0.05) is 278 Å². The molecule has 6 nitrogen and oxygen atoms in total. The zero-order valence-electron chi connectivity index (χ0n) is 42.3. The van der Waals surface area contributed by atoms with Gasteiger partial charge in [0.15, 0.2) is 6.10 Å². The normalized spacial score (nSPS) is 12.4. The molecule has 62 heavy (non-hydrogen) atoms. The third kappa shape index (κ3) is 47.9. The van der Waals surface area contributed by atoms with Crippen molar-refractivity contribution >= 4 is 17.9 Å². The van der Waals surface area contributed by atoms with E-state index in [2.05, 4.69) is 27.7 Å². The summed E-state index contributed by atoms with van der Waals surface area (Å²) < 4.78 is 16.8. The molecule has 0 spiro atoms. The van der Waals surface area contributed by atoms with E-state index in [9.17, 15) is 14.4 Å². The first-order valence-corrected chi connectivity index (χ1v) is 27.9. The molecule has 0 aromatic carbocycles. The molecule has 0 N–H and O–H groups in total. The fraction of sp³-hybridized carbons (Fsp3) is 0.946. The lowest BCUT2D eigenvalue weighted by molar-refractivity contribution is -0.167. The molecule has 0 bridgehead atoms. The van der Waals surface area contributed by atoms with E-state index in [0.717, 1.165) is 63.7 Å². The summed E-state index contributed by atoms with van der Waals surface area (Å²) in [6, 6.07) is 0. The van der Waals surface area contributed by atoms with Gasteiger partial charge in [0, 0.05) is 19.3 Å². The van der Waals surface area contributed by atoms with Gasteiger partial charge in [-0.25, -0.2) is 0 Å². The summed E-state index contributed by atoms with van der Waals surface area (Å²) in [5.74, 6) is 0.0676. The number of unbranched alkanes of at least 4 members (excludes halogenated alkanes) is 37. The molecule has 368 valence electrons. The predicted octanol–water partition coefficient (Wildman–Crippen LogP) is 18.2. The van der Waals surface area contributed by atoms with Gasteiger partial charge in [0.2, 0.25) is 0 Å². The molecule has 0 rings (SSSR count). The van der Waals surface area contributed by atoms with Gasteiger partial charge in [0.1, 0.15) is 13.2 Å². The topological polar surface area (TPSA) is 78.9 Å². The Morgan fingerprint density at radius 3 is 0.839 bits per heavy atom. The maximum Gasteiger partial charge on any atom is 0.306 e. The van der Waals surface area contributed by atoms with Crippen LogP contribution in [-0.2, 0) is 28.6 Å². The summed E-state index contributed by atoms with van der Waals surface area (Å²) in [5, 5.41) is 0. The first kappa shape index (κ1) is 60.4. The van der Waals surface area contributed by atoms with Gasteiger partial charge in [0.25, 0.3) is 0 Å². The van der Waals surface area contributed by atoms with Gasteiger partial charge >= 0.3 is 17.9 Å². The molecule has 0 aliphatic rings. The maximum absolute atomic E-state index is 12.8. The van der Waals surface area contributed by atoms with Gasteiger partial charge in [-0.05, 0) is 25.2 Å². The van der Waals surface area contributed by atoms with Crippen molar-refractivity contribution in [3.63, 3.8) is 0 Å². The molecule has 0 fully saturated rings. The second-order valence-electron chi connectivity index (χ2n) is 19.5. The first-order valence-electron chi connectivity index (χ1n) is 27.9. The van der Waals surface area contributed by atoms with E-state index >= 15 is 0 Å². The van der Waals surface area contributed by atoms with Crippen LogP contribution in [0.5, 0.6) is 0 Å². The number of carbonyl (C=O) groups is 3. The zero-order valence-corrected chi connectivity index (χ0v) is 42.3. The van der Waals surface area contributed by atoms with Crippen molar-refractivity contribution < 1.29 is 28.6 Å². The molecule has 0 saturated heterocycles. The number of hydrogen-bond acceptors (Lipinski definition) is 6. The van der Waals surface area contributed by atoms with Gasteiger partial charge in [-0.2, -0.15) is 0 Å². The van der Waals surface area contributed by atoms with Crippen molar-refractivity contribution in [2.45, 2.75) is 323 Å². The SMILES string of the molecule is CCCCCCCCCCCCCCCC(=O)O[C@H](COC(=O)CCCCCCCCCCC)COC(=O)CCCCCCCCCCCCCCCCCCCCC(C)CC. The van der Waals surface area contributed by atoms with Crippen LogP contribution in [0.15, 0.2) is 0 Å². The third-order valence-electron chi connectivity index (χ3n) is 13.2. The van der Waals surface area contributed by atoms with Gasteiger partial charge < -0.3 is 14.2 Å². The van der Waals surface area contributed by atoms with Crippen LogP contribution in [0.2, 0.25) is 0 Å². The second kappa shape index (κ2) is 50.4. The molecule has 0 aromatic rings. The summed E-state index contributed by atoms with van der Waals surface area (Å²) in [6.45, 7) is 9.07. The van der Waals surface area contributed by atoms with Gasteiger partial charge in [-0.3, -0.25) is 14.4 Å². The van der Waals surface area contributed by atoms with Gasteiger partial charge in [0.05, 0.1) is 0 Å². The van der Waals surface area contributed by atoms with Crippen LogP contribution < -0.4 is 0 Å². The highest BCUT2D eigenvalue weighted by atomic mass is 16.6. The van der Waals surface area contributed by atoms with Gasteiger partial charge in [-0.15, -0.1) is 0 Å². The summed E-state index contributed by atoms with van der Waals surface area (Å²) in [7, 11) is 0. The number of hydrogen-bond donors (Lipinski definition) is 0. The Morgan fingerprint density at radius 1 is 0.323 bits per heavy atom. The summed E-state index contributed by atoms with van der Waals surface area (Å²) in [5.41, 5.74) is 0. The molecule has 2 atom stereocenters. The zero-order chi connectivity index (χ0) is 45.2. The van der Waals surface area contributed by atoms with Crippen LogP contribution in [0, 0.1) is 5.92 Å². The minimum absolute atomic E-state index is 0.0623. The fourth-order valence-corrected chi connectivity index (χ4v) is 8.54. The summed E-state index contributed by atoms with van der Waals surface area (Å²) in [6.07, 6.45) is 53.8. The average Bonchev–Trinajstić information content (AvgIpc) is 3.27. The quantitative estimate of drug-likeness (QED) is 0.0344. The van der Waals surface area contributed by atoms with Crippen molar-refractivity contribution in [3.05, 3.63) is 0 Å². The van der Waals surface area contributed by atoms with Crippen molar-refractivity contribution in [1.29, 1.82) is 0 Å². The number of ether oxygens (including phenoxy) is 3. The smallest absolute Gasteiger partial charge is 0.306 e. The second-order valence-corrected chi connectivity index (χ2v) is 19.5. The van der Waals surface area contributed by atoms with Crippen molar-refractivity contribution in [2.75, 3.05) is 13.2 Å². The molecule has 0 saturated carbocycles. The van der Waals surface area contributed by atoms with Crippen LogP contribution in [0.25, 0.3) is 0 Å². The maximum atomic E-state index is 12.8. The van der Waals surface area contributed by atoms with Crippen LogP contribution in [0.4, 0.5) is 0 Å². The Balaban J connectivity index is 4.16.